The maximum atomic E-state index is 11.9. The Morgan fingerprint density at radius 3 is 2.69 bits per heavy atom. The van der Waals surface area contributed by atoms with Crippen LogP contribution in [0.4, 0.5) is 0 Å². The lowest BCUT2D eigenvalue weighted by atomic mass is 10.0. The van der Waals surface area contributed by atoms with E-state index in [2.05, 4.69) is 9.97 Å². The number of hydrogen-bond donors (Lipinski definition) is 0. The Morgan fingerprint density at radius 2 is 2.06 bits per heavy atom. The molecule has 5 heteroatoms. The minimum Gasteiger partial charge on any atom is -0.479 e. The zero-order chi connectivity index (χ0) is 12.0. The lowest BCUT2D eigenvalue weighted by Gasteiger charge is -2.09. The molecule has 1 aromatic rings. The second-order valence-electron chi connectivity index (χ2n) is 3.60. The van der Waals surface area contributed by atoms with Gasteiger partial charge in [0.25, 0.3) is 0 Å². The Bertz CT molecular complexity index is 355. The lowest BCUT2D eigenvalue weighted by molar-refractivity contribution is 0.0911. The summed E-state index contributed by atoms with van der Waals surface area (Å²) in [6.45, 7) is 2.50. The smallest absolute Gasteiger partial charge is 0.243 e. The molecule has 0 radical (unpaired) electrons. The molecular formula is C11H16N2O3. The van der Waals surface area contributed by atoms with Gasteiger partial charge in [0.1, 0.15) is 0 Å². The summed E-state index contributed by atoms with van der Waals surface area (Å²) in [4.78, 5) is 19.8. The molecule has 5 nitrogen and oxygen atoms in total. The van der Waals surface area contributed by atoms with E-state index in [4.69, 9.17) is 9.47 Å². The van der Waals surface area contributed by atoms with Gasteiger partial charge in [0.15, 0.2) is 11.5 Å². The number of Topliss-reactive ketones (excluding diaryl/α,β-unsaturated/α-hetero) is 1. The van der Waals surface area contributed by atoms with Crippen LogP contribution in [0.3, 0.4) is 0 Å². The highest BCUT2D eigenvalue weighted by molar-refractivity contribution is 5.96. The van der Waals surface area contributed by atoms with E-state index in [0.29, 0.717) is 13.0 Å². The molecule has 88 valence electrons. The minimum absolute atomic E-state index is 0.0745. The van der Waals surface area contributed by atoms with Crippen LogP contribution in [0.25, 0.3) is 0 Å². The van der Waals surface area contributed by atoms with Gasteiger partial charge in [0, 0.05) is 32.5 Å². The second-order valence-corrected chi connectivity index (χ2v) is 3.60. The first kappa shape index (κ1) is 12.6. The molecule has 0 aliphatic rings. The number of carbonyl (C=O) groups is 1. The van der Waals surface area contributed by atoms with Crippen molar-refractivity contribution in [3.8, 4) is 5.88 Å². The average molecular weight is 224 g/mol. The highest BCUT2D eigenvalue weighted by Gasteiger charge is 2.17. The standard InChI is InChI=1S/C11H16N2O3/c1-8(7-15-2)6-9(14)10-11(16-3)13-5-4-12-10/h4-5,8H,6-7H2,1-3H3. The van der Waals surface area contributed by atoms with Gasteiger partial charge in [-0.15, -0.1) is 0 Å². The van der Waals surface area contributed by atoms with Crippen LogP contribution in [-0.4, -0.2) is 36.6 Å². The molecule has 0 aliphatic carbocycles. The third-order valence-corrected chi connectivity index (χ3v) is 2.11. The first-order valence-electron chi connectivity index (χ1n) is 5.06. The number of aromatic nitrogens is 2. The molecule has 0 spiro atoms. The summed E-state index contributed by atoms with van der Waals surface area (Å²) in [6, 6.07) is 0. The molecule has 0 aliphatic heterocycles. The van der Waals surface area contributed by atoms with Crippen molar-refractivity contribution in [1.29, 1.82) is 0 Å². The molecule has 16 heavy (non-hydrogen) atoms. The van der Waals surface area contributed by atoms with Crippen molar-refractivity contribution < 1.29 is 14.3 Å². The number of hydrogen-bond acceptors (Lipinski definition) is 5. The van der Waals surface area contributed by atoms with E-state index in [0.717, 1.165) is 0 Å². The first-order chi connectivity index (χ1) is 7.69. The molecular weight excluding hydrogens is 208 g/mol. The van der Waals surface area contributed by atoms with Crippen LogP contribution in [0.1, 0.15) is 23.8 Å². The van der Waals surface area contributed by atoms with Crippen molar-refractivity contribution in [2.75, 3.05) is 20.8 Å². The molecule has 0 N–H and O–H groups in total. The summed E-state index contributed by atoms with van der Waals surface area (Å²) in [5.41, 5.74) is 0.285. The van der Waals surface area contributed by atoms with Crippen molar-refractivity contribution in [3.05, 3.63) is 18.1 Å². The van der Waals surface area contributed by atoms with E-state index < -0.39 is 0 Å². The third kappa shape index (κ3) is 3.27. The Morgan fingerprint density at radius 1 is 1.38 bits per heavy atom. The fourth-order valence-corrected chi connectivity index (χ4v) is 1.42. The third-order valence-electron chi connectivity index (χ3n) is 2.11. The lowest BCUT2D eigenvalue weighted by Crippen LogP contribution is -2.13. The second kappa shape index (κ2) is 6.17. The van der Waals surface area contributed by atoms with E-state index in [1.165, 1.54) is 19.5 Å². The van der Waals surface area contributed by atoms with Gasteiger partial charge in [-0.25, -0.2) is 9.97 Å². The number of methoxy groups -OCH3 is 2. The fourth-order valence-electron chi connectivity index (χ4n) is 1.42. The predicted molar refractivity (Wildman–Crippen MR) is 58.6 cm³/mol. The number of rotatable bonds is 6. The molecule has 0 fully saturated rings. The van der Waals surface area contributed by atoms with E-state index in [1.54, 1.807) is 7.11 Å². The zero-order valence-electron chi connectivity index (χ0n) is 9.77. The summed E-state index contributed by atoms with van der Waals surface area (Å²) >= 11 is 0. The van der Waals surface area contributed by atoms with Gasteiger partial charge in [-0.2, -0.15) is 0 Å². The van der Waals surface area contributed by atoms with Crippen LogP contribution in [-0.2, 0) is 4.74 Å². The molecule has 0 bridgehead atoms. The molecule has 1 heterocycles. The summed E-state index contributed by atoms with van der Waals surface area (Å²) < 4.78 is 9.96. The summed E-state index contributed by atoms with van der Waals surface area (Å²) in [5, 5.41) is 0. The fraction of sp³-hybridized carbons (Fsp3) is 0.545. The molecule has 0 aromatic carbocycles. The van der Waals surface area contributed by atoms with Gasteiger partial charge in [-0.05, 0) is 5.92 Å². The Labute approximate surface area is 94.8 Å². The summed E-state index contributed by atoms with van der Waals surface area (Å²) in [7, 11) is 3.09. The molecule has 1 unspecified atom stereocenters. The van der Waals surface area contributed by atoms with E-state index in [1.807, 2.05) is 6.92 Å². The Balaban J connectivity index is 2.72. The normalized spacial score (nSPS) is 12.2. The van der Waals surface area contributed by atoms with Crippen LogP contribution >= 0.6 is 0 Å². The largest absolute Gasteiger partial charge is 0.479 e. The molecule has 0 amide bonds. The minimum atomic E-state index is -0.0745. The summed E-state index contributed by atoms with van der Waals surface area (Å²) in [5.74, 6) is 0.357. The molecule has 0 saturated carbocycles. The maximum absolute atomic E-state index is 11.9. The molecule has 1 rings (SSSR count). The average Bonchev–Trinajstić information content (AvgIpc) is 2.29. The van der Waals surface area contributed by atoms with Crippen molar-refractivity contribution in [1.82, 2.24) is 9.97 Å². The van der Waals surface area contributed by atoms with Gasteiger partial charge in [0.05, 0.1) is 7.11 Å². The van der Waals surface area contributed by atoms with Crippen molar-refractivity contribution in [2.24, 2.45) is 5.92 Å². The Hall–Kier alpha value is -1.49. The number of nitrogens with zero attached hydrogens (tertiary/aromatic N) is 2. The van der Waals surface area contributed by atoms with Crippen LogP contribution in [0.15, 0.2) is 12.4 Å². The highest BCUT2D eigenvalue weighted by atomic mass is 16.5. The number of carbonyl (C=O) groups excluding carboxylic acids is 1. The van der Waals surface area contributed by atoms with Crippen molar-refractivity contribution in [3.63, 3.8) is 0 Å². The van der Waals surface area contributed by atoms with Gasteiger partial charge in [-0.1, -0.05) is 6.92 Å². The van der Waals surface area contributed by atoms with Crippen LogP contribution < -0.4 is 4.74 Å². The van der Waals surface area contributed by atoms with E-state index in [9.17, 15) is 4.79 Å². The highest BCUT2D eigenvalue weighted by Crippen LogP contribution is 2.15. The number of ketones is 1. The van der Waals surface area contributed by atoms with Gasteiger partial charge in [-0.3, -0.25) is 4.79 Å². The SMILES string of the molecule is COCC(C)CC(=O)c1nccnc1OC. The van der Waals surface area contributed by atoms with Crippen LogP contribution in [0.2, 0.25) is 0 Å². The monoisotopic (exact) mass is 224 g/mol. The zero-order valence-corrected chi connectivity index (χ0v) is 9.77. The van der Waals surface area contributed by atoms with Gasteiger partial charge in [0.2, 0.25) is 5.88 Å². The predicted octanol–water partition coefficient (Wildman–Crippen LogP) is 1.34. The summed E-state index contributed by atoms with van der Waals surface area (Å²) in [6.07, 6.45) is 3.35. The quantitative estimate of drug-likeness (QED) is 0.682. The van der Waals surface area contributed by atoms with E-state index >= 15 is 0 Å². The van der Waals surface area contributed by atoms with Crippen molar-refractivity contribution in [2.45, 2.75) is 13.3 Å². The first-order valence-corrected chi connectivity index (χ1v) is 5.06. The topological polar surface area (TPSA) is 61.3 Å². The maximum Gasteiger partial charge on any atom is 0.243 e. The molecule has 1 aromatic heterocycles. The van der Waals surface area contributed by atoms with Crippen molar-refractivity contribution >= 4 is 5.78 Å². The Kier molecular flexibility index (Phi) is 4.85. The van der Waals surface area contributed by atoms with Gasteiger partial charge < -0.3 is 9.47 Å². The van der Waals surface area contributed by atoms with Crippen LogP contribution in [0, 0.1) is 5.92 Å². The van der Waals surface area contributed by atoms with Crippen LogP contribution in [0.5, 0.6) is 5.88 Å². The molecule has 1 atom stereocenters. The van der Waals surface area contributed by atoms with E-state index in [-0.39, 0.29) is 23.3 Å². The van der Waals surface area contributed by atoms with Gasteiger partial charge >= 0.3 is 0 Å². The molecule has 0 saturated heterocycles. The number of ether oxygens (including phenoxy) is 2.